The van der Waals surface area contributed by atoms with Crippen molar-refractivity contribution in [3.05, 3.63) is 35.9 Å². The Morgan fingerprint density at radius 2 is 1.93 bits per heavy atom. The number of piperidine rings is 1. The first-order chi connectivity index (χ1) is 12.2. The van der Waals surface area contributed by atoms with E-state index in [1.165, 1.54) is 24.5 Å². The summed E-state index contributed by atoms with van der Waals surface area (Å²) in [6.07, 6.45) is 2.99. The van der Waals surface area contributed by atoms with Crippen LogP contribution in [-0.4, -0.2) is 69.4 Å². The molecule has 2 aliphatic rings. The Bertz CT molecular complexity index is 852. The minimum Gasteiger partial charge on any atom is -0.573 e. The molecule has 1 aromatic rings. The fourth-order valence-electron chi connectivity index (χ4n) is 2.96. The van der Waals surface area contributed by atoms with E-state index in [9.17, 15) is 22.8 Å². The van der Waals surface area contributed by atoms with Gasteiger partial charge in [0, 0.05) is 24.5 Å². The number of nitrogens with one attached hydrogen (secondary N) is 1. The number of nitrogens with zero attached hydrogens (tertiary/aromatic N) is 4. The molecule has 2 fully saturated rings. The van der Waals surface area contributed by atoms with Crippen molar-refractivity contribution in [2.75, 3.05) is 6.54 Å². The van der Waals surface area contributed by atoms with E-state index >= 15 is 0 Å². The normalized spacial score (nSPS) is 21.6. The Hall–Kier alpha value is -1.61. The van der Waals surface area contributed by atoms with Gasteiger partial charge in [-0.3, -0.25) is 19.1 Å². The molecular weight excluding hydrogens is 393 g/mol. The summed E-state index contributed by atoms with van der Waals surface area (Å²) in [6.45, 7) is -0.0257. The second-order valence-corrected chi connectivity index (χ2v) is 6.73. The van der Waals surface area contributed by atoms with E-state index in [0.717, 1.165) is 4.90 Å². The number of hydroxylamine groups is 2. The third-order valence-corrected chi connectivity index (χ3v) is 4.48. The number of hydrogen-bond donors (Lipinski definition) is 1. The van der Waals surface area contributed by atoms with Gasteiger partial charge in [-0.2, -0.15) is 13.5 Å². The van der Waals surface area contributed by atoms with Gasteiger partial charge < -0.3 is 15.8 Å². The number of hydrogen-bond acceptors (Lipinski definition) is 7. The molecule has 0 spiro atoms. The molecule has 140 valence electrons. The predicted molar refractivity (Wildman–Crippen MR) is 83.1 cm³/mol. The maximum absolute atomic E-state index is 12.5. The number of carbonyl (C=O) groups excluding carboxylic acids is 3. The Morgan fingerprint density at radius 1 is 1.30 bits per heavy atom. The number of fused-ring (bicyclic) bond motifs is 2. The van der Waals surface area contributed by atoms with Crippen LogP contribution in [0.2, 0.25) is 0 Å². The molecule has 2 bridgehead atoms. The van der Waals surface area contributed by atoms with Crippen molar-refractivity contribution >= 4 is 28.2 Å². The summed E-state index contributed by atoms with van der Waals surface area (Å²) in [7, 11) is -4.90. The molecule has 0 unspecified atom stereocenters. The van der Waals surface area contributed by atoms with Gasteiger partial charge in [-0.25, -0.2) is 4.79 Å². The second kappa shape index (κ2) is 8.18. The Kier molecular flexibility index (Phi) is 6.57. The van der Waals surface area contributed by atoms with Gasteiger partial charge in [0.05, 0.1) is 6.04 Å². The molecule has 2 saturated heterocycles. The molecule has 0 saturated carbocycles. The number of rotatable bonds is 4. The van der Waals surface area contributed by atoms with Crippen LogP contribution >= 0.6 is 0 Å². The van der Waals surface area contributed by atoms with E-state index in [1.807, 2.05) is 0 Å². The van der Waals surface area contributed by atoms with E-state index in [2.05, 4.69) is 9.27 Å². The van der Waals surface area contributed by atoms with Crippen LogP contribution in [0.1, 0.15) is 23.2 Å². The monoisotopic (exact) mass is 407 g/mol. The van der Waals surface area contributed by atoms with Crippen LogP contribution in [-0.2, 0) is 19.5 Å². The summed E-state index contributed by atoms with van der Waals surface area (Å²) >= 11 is 0. The van der Waals surface area contributed by atoms with Gasteiger partial charge in [0.25, 0.3) is 0 Å². The van der Waals surface area contributed by atoms with Gasteiger partial charge in [-0.1, -0.05) is 0 Å². The molecule has 3 rings (SSSR count). The van der Waals surface area contributed by atoms with Crippen LogP contribution < -0.4 is 29.6 Å². The number of aromatic nitrogens is 1. The fourth-order valence-corrected chi connectivity index (χ4v) is 3.35. The van der Waals surface area contributed by atoms with E-state index in [4.69, 9.17) is 10.4 Å². The van der Waals surface area contributed by atoms with Crippen LogP contribution in [0.15, 0.2) is 24.5 Å². The zero-order chi connectivity index (χ0) is 19.1. The Labute approximate surface area is 176 Å². The summed E-state index contributed by atoms with van der Waals surface area (Å²) in [4.78, 5) is 41.8. The molecule has 27 heavy (non-hydrogen) atoms. The van der Waals surface area contributed by atoms with Gasteiger partial charge >= 0.3 is 46.0 Å². The summed E-state index contributed by atoms with van der Waals surface area (Å²) in [6, 6.07) is -0.0261. The van der Waals surface area contributed by atoms with E-state index in [0.29, 0.717) is 5.06 Å². The average Bonchev–Trinajstić information content (AvgIpc) is 2.84. The van der Waals surface area contributed by atoms with E-state index < -0.39 is 40.3 Å². The predicted octanol–water partition coefficient (Wildman–Crippen LogP) is -2.98. The van der Waals surface area contributed by atoms with E-state index in [-0.39, 0.29) is 59.5 Å². The topological polar surface area (TPSA) is 161 Å². The minimum atomic E-state index is -4.90. The molecule has 1 aromatic heterocycles. The van der Waals surface area contributed by atoms with Crippen molar-refractivity contribution in [2.24, 2.45) is 0 Å². The maximum Gasteiger partial charge on any atom is 1.00 e. The van der Waals surface area contributed by atoms with Crippen molar-refractivity contribution in [3.8, 4) is 0 Å². The van der Waals surface area contributed by atoms with Crippen LogP contribution in [0.25, 0.3) is 5.84 Å². The van der Waals surface area contributed by atoms with E-state index in [1.54, 1.807) is 0 Å². The van der Waals surface area contributed by atoms with Gasteiger partial charge in [-0.05, 0) is 25.0 Å². The minimum absolute atomic E-state index is 0. The molecule has 2 N–H and O–H groups in total. The standard InChI is InChI=1S/C13H14N5O7S.Na/c14-17(11(19)8-3-5-15-6-4-8)12(20)10-2-1-9-7-16(10)13(21)18(9)25-26(22,23)24;/h3-6,9-10,14H,1-2,7H2,(H,22,23,24);/q-1;+1/t9-,10+;/m1./s1. The number of amides is 4. The molecule has 12 nitrogen and oxygen atoms in total. The quantitative estimate of drug-likeness (QED) is 0.239. The second-order valence-electron chi connectivity index (χ2n) is 5.72. The molecule has 0 aromatic carbocycles. The van der Waals surface area contributed by atoms with Crippen LogP contribution in [0, 0.1) is 0 Å². The Balaban J connectivity index is 0.00000261. The van der Waals surface area contributed by atoms with Crippen LogP contribution in [0.4, 0.5) is 4.79 Å². The zero-order valence-corrected chi connectivity index (χ0v) is 17.0. The molecular formula is C13H14N5NaO7S. The number of imide groups is 1. The maximum atomic E-state index is 12.5. The zero-order valence-electron chi connectivity index (χ0n) is 14.2. The van der Waals surface area contributed by atoms with Gasteiger partial charge in [-0.15, -0.1) is 4.28 Å². The molecule has 2 atom stereocenters. The summed E-state index contributed by atoms with van der Waals surface area (Å²) in [5.41, 5.74) is 0.0844. The first kappa shape index (κ1) is 21.7. The molecule has 4 amide bonds. The van der Waals surface area contributed by atoms with Crippen molar-refractivity contribution in [1.29, 1.82) is 0 Å². The van der Waals surface area contributed by atoms with Crippen molar-refractivity contribution in [1.82, 2.24) is 20.0 Å². The molecule has 14 heteroatoms. The van der Waals surface area contributed by atoms with Gasteiger partial charge in [0.15, 0.2) is 0 Å². The third kappa shape index (κ3) is 4.45. The third-order valence-electron chi connectivity index (χ3n) is 4.13. The number of pyridine rings is 1. The first-order valence-electron chi connectivity index (χ1n) is 7.45. The number of carbonyl (C=O) groups is 3. The smallest absolute Gasteiger partial charge is 0.573 e. The fraction of sp³-hybridized carbons (Fsp3) is 0.385. The molecule has 0 radical (unpaired) electrons. The summed E-state index contributed by atoms with van der Waals surface area (Å²) in [5.74, 6) is 5.99. The first-order valence-corrected chi connectivity index (χ1v) is 8.82. The average molecular weight is 407 g/mol. The van der Waals surface area contributed by atoms with Crippen molar-refractivity contribution < 1.29 is 61.2 Å². The Morgan fingerprint density at radius 3 is 2.52 bits per heavy atom. The van der Waals surface area contributed by atoms with Gasteiger partial charge in [0.2, 0.25) is 11.8 Å². The summed E-state index contributed by atoms with van der Waals surface area (Å²) in [5, 5.41) is 0.654. The molecule has 0 aliphatic carbocycles. The van der Waals surface area contributed by atoms with Crippen molar-refractivity contribution in [3.63, 3.8) is 0 Å². The summed E-state index contributed by atoms with van der Waals surface area (Å²) < 4.78 is 34.7. The largest absolute Gasteiger partial charge is 1.00 e. The van der Waals surface area contributed by atoms with Gasteiger partial charge in [0.1, 0.15) is 6.04 Å². The molecule has 3 heterocycles. The number of urea groups is 1. The van der Waals surface area contributed by atoms with Crippen LogP contribution in [0.5, 0.6) is 0 Å². The SMILES string of the molecule is [NH-]N(C(=O)c1ccncc1)C(=O)[C@@H]1CC[C@@H]2CN1C(=O)N2OS(=O)(=O)O.[Na+]. The molecule has 2 aliphatic heterocycles. The van der Waals surface area contributed by atoms with Crippen LogP contribution in [0.3, 0.4) is 0 Å². The van der Waals surface area contributed by atoms with Crippen molar-refractivity contribution in [2.45, 2.75) is 24.9 Å².